The number of aromatic nitrogens is 2. The van der Waals surface area contributed by atoms with Gasteiger partial charge < -0.3 is 10.6 Å². The molecule has 0 fully saturated rings. The molecule has 1 aromatic heterocycles. The van der Waals surface area contributed by atoms with Gasteiger partial charge in [0.05, 0.1) is 17.2 Å². The van der Waals surface area contributed by atoms with Gasteiger partial charge >= 0.3 is 0 Å². The molecular formula is C16H19BrN4O3. The predicted octanol–water partition coefficient (Wildman–Crippen LogP) is 1.19. The van der Waals surface area contributed by atoms with E-state index in [1.807, 2.05) is 6.92 Å². The maximum Gasteiger partial charge on any atom is 0.261 e. The van der Waals surface area contributed by atoms with Crippen molar-refractivity contribution < 1.29 is 9.59 Å². The van der Waals surface area contributed by atoms with E-state index in [2.05, 4.69) is 31.5 Å². The molecule has 2 amide bonds. The molecule has 8 heteroatoms. The summed E-state index contributed by atoms with van der Waals surface area (Å²) in [5, 5.41) is 5.70. The van der Waals surface area contributed by atoms with Crippen LogP contribution >= 0.6 is 15.9 Å². The molecule has 0 aliphatic heterocycles. The van der Waals surface area contributed by atoms with Crippen LogP contribution in [0.5, 0.6) is 0 Å². The largest absolute Gasteiger partial charge is 0.354 e. The third kappa shape index (κ3) is 4.41. The Balaban J connectivity index is 2.09. The van der Waals surface area contributed by atoms with E-state index < -0.39 is 11.9 Å². The van der Waals surface area contributed by atoms with Gasteiger partial charge in [-0.3, -0.25) is 19.0 Å². The number of hydrogen-bond acceptors (Lipinski definition) is 4. The Bertz CT molecular complexity index is 819. The fraction of sp³-hybridized carbons (Fsp3) is 0.375. The highest BCUT2D eigenvalue weighted by Crippen LogP contribution is 2.14. The number of nitrogens with zero attached hydrogens (tertiary/aromatic N) is 2. The molecule has 2 rings (SSSR count). The van der Waals surface area contributed by atoms with E-state index in [0.29, 0.717) is 17.4 Å². The zero-order chi connectivity index (χ0) is 17.7. The first-order chi connectivity index (χ1) is 11.4. The predicted molar refractivity (Wildman–Crippen MR) is 94.6 cm³/mol. The number of benzene rings is 1. The van der Waals surface area contributed by atoms with Crippen LogP contribution in [0.4, 0.5) is 0 Å². The summed E-state index contributed by atoms with van der Waals surface area (Å²) in [6.07, 6.45) is 2.15. The quantitative estimate of drug-likeness (QED) is 0.769. The lowest BCUT2D eigenvalue weighted by Crippen LogP contribution is -2.46. The fourth-order valence-corrected chi connectivity index (χ4v) is 2.51. The Morgan fingerprint density at radius 3 is 2.83 bits per heavy atom. The van der Waals surface area contributed by atoms with E-state index in [1.165, 1.54) is 10.9 Å². The SMILES string of the molecule is CCCNC(=O)[C@H](C)NC(=O)Cn1cnc2ccc(Br)cc2c1=O. The van der Waals surface area contributed by atoms with E-state index in [1.54, 1.807) is 25.1 Å². The summed E-state index contributed by atoms with van der Waals surface area (Å²) in [5.74, 6) is -0.675. The highest BCUT2D eigenvalue weighted by Gasteiger charge is 2.16. The highest BCUT2D eigenvalue weighted by molar-refractivity contribution is 9.10. The molecule has 0 aliphatic carbocycles. The van der Waals surface area contributed by atoms with Crippen molar-refractivity contribution in [2.45, 2.75) is 32.9 Å². The Morgan fingerprint density at radius 2 is 2.12 bits per heavy atom. The molecular weight excluding hydrogens is 376 g/mol. The highest BCUT2D eigenvalue weighted by atomic mass is 79.9. The molecule has 0 spiro atoms. The minimum Gasteiger partial charge on any atom is -0.354 e. The van der Waals surface area contributed by atoms with E-state index in [-0.39, 0.29) is 18.0 Å². The van der Waals surface area contributed by atoms with Crippen LogP contribution < -0.4 is 16.2 Å². The first-order valence-electron chi connectivity index (χ1n) is 7.64. The summed E-state index contributed by atoms with van der Waals surface area (Å²) in [6.45, 7) is 3.91. The molecule has 2 N–H and O–H groups in total. The topological polar surface area (TPSA) is 93.1 Å². The molecule has 1 heterocycles. The van der Waals surface area contributed by atoms with Crippen LogP contribution in [0, 0.1) is 0 Å². The lowest BCUT2D eigenvalue weighted by molar-refractivity contribution is -0.128. The van der Waals surface area contributed by atoms with Crippen molar-refractivity contribution in [2.24, 2.45) is 0 Å². The van der Waals surface area contributed by atoms with Crippen molar-refractivity contribution in [3.63, 3.8) is 0 Å². The van der Waals surface area contributed by atoms with Gasteiger partial charge in [-0.2, -0.15) is 0 Å². The van der Waals surface area contributed by atoms with Crippen LogP contribution in [0.2, 0.25) is 0 Å². The normalized spacial score (nSPS) is 12.0. The van der Waals surface area contributed by atoms with E-state index in [9.17, 15) is 14.4 Å². The number of rotatable bonds is 6. The van der Waals surface area contributed by atoms with Crippen molar-refractivity contribution in [1.29, 1.82) is 0 Å². The molecule has 7 nitrogen and oxygen atoms in total. The van der Waals surface area contributed by atoms with Gasteiger partial charge in [0.25, 0.3) is 5.56 Å². The maximum atomic E-state index is 12.4. The van der Waals surface area contributed by atoms with Gasteiger partial charge in [-0.25, -0.2) is 4.98 Å². The van der Waals surface area contributed by atoms with Crippen molar-refractivity contribution in [1.82, 2.24) is 20.2 Å². The second kappa shape index (κ2) is 8.05. The lowest BCUT2D eigenvalue weighted by Gasteiger charge is -2.14. The van der Waals surface area contributed by atoms with Gasteiger partial charge in [0.15, 0.2) is 0 Å². The number of carbonyl (C=O) groups is 2. The molecule has 0 bridgehead atoms. The summed E-state index contributed by atoms with van der Waals surface area (Å²) in [4.78, 5) is 40.4. The average molecular weight is 395 g/mol. The van der Waals surface area contributed by atoms with E-state index in [0.717, 1.165) is 10.9 Å². The molecule has 24 heavy (non-hydrogen) atoms. The summed E-state index contributed by atoms with van der Waals surface area (Å²) >= 11 is 3.31. The zero-order valence-electron chi connectivity index (χ0n) is 13.5. The second-order valence-electron chi connectivity index (χ2n) is 5.42. The first-order valence-corrected chi connectivity index (χ1v) is 8.43. The molecule has 0 saturated carbocycles. The zero-order valence-corrected chi connectivity index (χ0v) is 15.1. The van der Waals surface area contributed by atoms with Crippen LogP contribution in [-0.2, 0) is 16.1 Å². The summed E-state index contributed by atoms with van der Waals surface area (Å²) < 4.78 is 1.98. The summed E-state index contributed by atoms with van der Waals surface area (Å²) in [7, 11) is 0. The molecule has 0 aliphatic rings. The molecule has 0 unspecified atom stereocenters. The minimum absolute atomic E-state index is 0.195. The maximum absolute atomic E-state index is 12.4. The summed E-state index contributed by atoms with van der Waals surface area (Å²) in [5.41, 5.74) is 0.256. The molecule has 1 atom stereocenters. The second-order valence-corrected chi connectivity index (χ2v) is 6.33. The Morgan fingerprint density at radius 1 is 1.38 bits per heavy atom. The average Bonchev–Trinajstić information content (AvgIpc) is 2.55. The molecule has 1 aromatic carbocycles. The molecule has 2 aromatic rings. The number of amides is 2. The summed E-state index contributed by atoms with van der Waals surface area (Å²) in [6, 6.07) is 4.52. The van der Waals surface area contributed by atoms with Crippen LogP contribution in [0.15, 0.2) is 33.8 Å². The van der Waals surface area contributed by atoms with Crippen LogP contribution in [0.25, 0.3) is 10.9 Å². The van der Waals surface area contributed by atoms with Crippen LogP contribution in [0.1, 0.15) is 20.3 Å². The number of fused-ring (bicyclic) bond motifs is 1. The standard InChI is InChI=1S/C16H19BrN4O3/c1-3-6-18-15(23)10(2)20-14(22)8-21-9-19-13-5-4-11(17)7-12(13)16(21)24/h4-5,7,9-10H,3,6,8H2,1-2H3,(H,18,23)(H,20,22)/t10-/m0/s1. The van der Waals surface area contributed by atoms with E-state index in [4.69, 9.17) is 0 Å². The van der Waals surface area contributed by atoms with Crippen molar-refractivity contribution >= 4 is 38.6 Å². The van der Waals surface area contributed by atoms with Crippen molar-refractivity contribution in [2.75, 3.05) is 6.54 Å². The van der Waals surface area contributed by atoms with Crippen LogP contribution in [-0.4, -0.2) is 34.0 Å². The van der Waals surface area contributed by atoms with Crippen molar-refractivity contribution in [3.05, 3.63) is 39.4 Å². The minimum atomic E-state index is -0.665. The smallest absolute Gasteiger partial charge is 0.261 e. The number of halogens is 1. The number of nitrogens with one attached hydrogen (secondary N) is 2. The lowest BCUT2D eigenvalue weighted by atomic mass is 10.2. The Labute approximate surface area is 147 Å². The molecule has 128 valence electrons. The number of carbonyl (C=O) groups excluding carboxylic acids is 2. The van der Waals surface area contributed by atoms with Crippen molar-refractivity contribution in [3.8, 4) is 0 Å². The van der Waals surface area contributed by atoms with Gasteiger partial charge in [-0.1, -0.05) is 22.9 Å². The third-order valence-electron chi connectivity index (χ3n) is 3.42. The third-order valence-corrected chi connectivity index (χ3v) is 3.91. The first kappa shape index (κ1) is 18.1. The van der Waals surface area contributed by atoms with Gasteiger partial charge in [-0.05, 0) is 31.5 Å². The van der Waals surface area contributed by atoms with Gasteiger partial charge in [0.2, 0.25) is 11.8 Å². The van der Waals surface area contributed by atoms with Crippen LogP contribution in [0.3, 0.4) is 0 Å². The fourth-order valence-electron chi connectivity index (χ4n) is 2.15. The van der Waals surface area contributed by atoms with Gasteiger partial charge in [0.1, 0.15) is 12.6 Å². The van der Waals surface area contributed by atoms with Gasteiger partial charge in [0, 0.05) is 11.0 Å². The molecule has 0 saturated heterocycles. The van der Waals surface area contributed by atoms with Gasteiger partial charge in [-0.15, -0.1) is 0 Å². The monoisotopic (exact) mass is 394 g/mol. The Hall–Kier alpha value is -2.22. The Kier molecular flexibility index (Phi) is 6.08. The molecule has 0 radical (unpaired) electrons. The van der Waals surface area contributed by atoms with E-state index >= 15 is 0 Å². The number of hydrogen-bond donors (Lipinski definition) is 2.